The minimum atomic E-state index is -4.82. The van der Waals surface area contributed by atoms with Crippen LogP contribution in [0.5, 0.6) is 0 Å². The van der Waals surface area contributed by atoms with Gasteiger partial charge in [0.2, 0.25) is 0 Å². The number of rotatable bonds is 6. The Morgan fingerprint density at radius 1 is 0.955 bits per heavy atom. The minimum Gasteiger partial charge on any atom is -0.455 e. The van der Waals surface area contributed by atoms with Crippen LogP contribution in [-0.4, -0.2) is 37.5 Å². The van der Waals surface area contributed by atoms with Gasteiger partial charge in [-0.05, 0) is 12.8 Å². The topological polar surface area (TPSA) is 52.6 Å². The number of carbonyl (C=O) groups excluding carboxylic acids is 2. The summed E-state index contributed by atoms with van der Waals surface area (Å²) < 4.78 is 79.7. The zero-order chi connectivity index (χ0) is 17.6. The molecule has 0 bridgehead atoms. The lowest BCUT2D eigenvalue weighted by Gasteiger charge is -2.19. The fourth-order valence-electron chi connectivity index (χ4n) is 1.43. The van der Waals surface area contributed by atoms with E-state index >= 15 is 0 Å². The highest BCUT2D eigenvalue weighted by atomic mass is 19.4. The van der Waals surface area contributed by atoms with Crippen LogP contribution in [0.2, 0.25) is 0 Å². The zero-order valence-corrected chi connectivity index (χ0v) is 11.6. The van der Waals surface area contributed by atoms with E-state index in [9.17, 15) is 35.9 Å². The lowest BCUT2D eigenvalue weighted by atomic mass is 9.93. The van der Waals surface area contributed by atoms with Crippen LogP contribution in [0.4, 0.5) is 26.3 Å². The molecule has 0 aliphatic carbocycles. The van der Waals surface area contributed by atoms with Crippen LogP contribution < -0.4 is 0 Å². The first kappa shape index (κ1) is 20.3. The molecule has 0 aromatic rings. The number of halogens is 6. The van der Waals surface area contributed by atoms with Crippen LogP contribution in [-0.2, 0) is 19.1 Å². The molecule has 0 saturated heterocycles. The third kappa shape index (κ3) is 8.53. The number of ether oxygens (including phenoxy) is 2. The summed E-state index contributed by atoms with van der Waals surface area (Å²) in [4.78, 5) is 23.1. The molecule has 4 nitrogen and oxygen atoms in total. The van der Waals surface area contributed by atoms with Gasteiger partial charge in [0.25, 0.3) is 0 Å². The summed E-state index contributed by atoms with van der Waals surface area (Å²) in [5.74, 6) is -6.11. The lowest BCUT2D eigenvalue weighted by Crippen LogP contribution is -2.36. The smallest absolute Gasteiger partial charge is 0.422 e. The predicted molar refractivity (Wildman–Crippen MR) is 61.5 cm³/mol. The molecule has 0 spiro atoms. The molecule has 10 heteroatoms. The molecule has 1 atom stereocenters. The van der Waals surface area contributed by atoms with Crippen molar-refractivity contribution in [2.24, 2.45) is 11.8 Å². The third-order valence-electron chi connectivity index (χ3n) is 2.29. The van der Waals surface area contributed by atoms with Gasteiger partial charge in [0.15, 0.2) is 19.1 Å². The summed E-state index contributed by atoms with van der Waals surface area (Å²) in [7, 11) is 0. The first-order valence-corrected chi connectivity index (χ1v) is 5.97. The Bertz CT molecular complexity index is 383. The van der Waals surface area contributed by atoms with E-state index < -0.39 is 49.3 Å². The van der Waals surface area contributed by atoms with Crippen molar-refractivity contribution >= 4 is 11.9 Å². The molecule has 0 heterocycles. The number of alkyl halides is 6. The van der Waals surface area contributed by atoms with E-state index in [1.807, 2.05) is 0 Å². The Morgan fingerprint density at radius 3 is 1.59 bits per heavy atom. The standard InChI is InChI=1S/C12H14F6O4/c1-3-4-7(2)8(9(19)21-5-11(13,14)15)10(20)22-6-12(16,17)18/h3-4,7-8H,5-6H2,1-2H3/b4-3+. The van der Waals surface area contributed by atoms with E-state index in [4.69, 9.17) is 0 Å². The molecule has 0 amide bonds. The van der Waals surface area contributed by atoms with Crippen molar-refractivity contribution in [3.05, 3.63) is 12.2 Å². The molecule has 128 valence electrons. The van der Waals surface area contributed by atoms with E-state index in [1.54, 1.807) is 0 Å². The number of allylic oxidation sites excluding steroid dienone is 2. The second-order valence-electron chi connectivity index (χ2n) is 4.31. The molecule has 0 aliphatic heterocycles. The molecule has 0 aromatic heterocycles. The maximum absolute atomic E-state index is 12.0. The van der Waals surface area contributed by atoms with Gasteiger partial charge >= 0.3 is 24.3 Å². The molecule has 0 saturated carbocycles. The molecule has 1 unspecified atom stereocenters. The van der Waals surface area contributed by atoms with Crippen molar-refractivity contribution < 1.29 is 45.4 Å². The monoisotopic (exact) mass is 336 g/mol. The Labute approximate surface area is 122 Å². The quantitative estimate of drug-likeness (QED) is 0.324. The van der Waals surface area contributed by atoms with Crippen LogP contribution in [0.25, 0.3) is 0 Å². The highest BCUT2D eigenvalue weighted by Gasteiger charge is 2.39. The van der Waals surface area contributed by atoms with Gasteiger partial charge in [-0.3, -0.25) is 9.59 Å². The van der Waals surface area contributed by atoms with Crippen molar-refractivity contribution in [3.63, 3.8) is 0 Å². The van der Waals surface area contributed by atoms with E-state index in [0.29, 0.717) is 0 Å². The van der Waals surface area contributed by atoms with E-state index in [2.05, 4.69) is 9.47 Å². The van der Waals surface area contributed by atoms with Gasteiger partial charge in [0, 0.05) is 0 Å². The van der Waals surface area contributed by atoms with Crippen molar-refractivity contribution in [1.29, 1.82) is 0 Å². The van der Waals surface area contributed by atoms with Gasteiger partial charge in [-0.2, -0.15) is 26.3 Å². The van der Waals surface area contributed by atoms with E-state index in [0.717, 1.165) is 0 Å². The van der Waals surface area contributed by atoms with Crippen LogP contribution in [0.3, 0.4) is 0 Å². The number of hydrogen-bond acceptors (Lipinski definition) is 4. The number of esters is 2. The molecule has 22 heavy (non-hydrogen) atoms. The van der Waals surface area contributed by atoms with Gasteiger partial charge in [0.05, 0.1) is 0 Å². The molecule has 0 rings (SSSR count). The molecular weight excluding hydrogens is 322 g/mol. The first-order valence-electron chi connectivity index (χ1n) is 5.97. The zero-order valence-electron chi connectivity index (χ0n) is 11.6. The Kier molecular flexibility index (Phi) is 7.41. The third-order valence-corrected chi connectivity index (χ3v) is 2.29. The number of hydrogen-bond donors (Lipinski definition) is 0. The Balaban J connectivity index is 4.96. The summed E-state index contributed by atoms with van der Waals surface area (Å²) in [5.41, 5.74) is 0. The fraction of sp³-hybridized carbons (Fsp3) is 0.667. The summed E-state index contributed by atoms with van der Waals surface area (Å²) in [6.45, 7) is -1.14. The maximum atomic E-state index is 12.0. The van der Waals surface area contributed by atoms with Gasteiger partial charge in [0.1, 0.15) is 0 Å². The summed E-state index contributed by atoms with van der Waals surface area (Å²) >= 11 is 0. The predicted octanol–water partition coefficient (Wildman–Crippen LogP) is 3.03. The molecular formula is C12H14F6O4. The van der Waals surface area contributed by atoms with E-state index in [1.165, 1.54) is 26.0 Å². The SMILES string of the molecule is C/C=C/C(C)C(C(=O)OCC(F)(F)F)C(=O)OCC(F)(F)F. The Morgan fingerprint density at radius 2 is 1.32 bits per heavy atom. The first-order chi connectivity index (χ1) is 9.87. The average molecular weight is 336 g/mol. The molecule has 0 N–H and O–H groups in total. The normalized spacial score (nSPS) is 14.2. The fourth-order valence-corrected chi connectivity index (χ4v) is 1.43. The van der Waals surface area contributed by atoms with Crippen LogP contribution in [0.15, 0.2) is 12.2 Å². The maximum Gasteiger partial charge on any atom is 0.422 e. The summed E-state index contributed by atoms with van der Waals surface area (Å²) in [5, 5.41) is 0. The molecule has 0 aromatic carbocycles. The van der Waals surface area contributed by atoms with Crippen molar-refractivity contribution in [2.75, 3.05) is 13.2 Å². The Hall–Kier alpha value is -1.74. The molecule has 0 radical (unpaired) electrons. The van der Waals surface area contributed by atoms with Crippen molar-refractivity contribution in [2.45, 2.75) is 26.2 Å². The summed E-state index contributed by atoms with van der Waals surface area (Å²) in [6, 6.07) is 0. The van der Waals surface area contributed by atoms with Gasteiger partial charge < -0.3 is 9.47 Å². The second-order valence-corrected chi connectivity index (χ2v) is 4.31. The second kappa shape index (κ2) is 8.04. The van der Waals surface area contributed by atoms with E-state index in [-0.39, 0.29) is 0 Å². The van der Waals surface area contributed by atoms with Crippen LogP contribution >= 0.6 is 0 Å². The van der Waals surface area contributed by atoms with Gasteiger partial charge in [-0.25, -0.2) is 0 Å². The highest BCUT2D eigenvalue weighted by Crippen LogP contribution is 2.22. The van der Waals surface area contributed by atoms with Gasteiger partial charge in [-0.15, -0.1) is 0 Å². The minimum absolute atomic E-state index is 0.994. The molecule has 0 fully saturated rings. The lowest BCUT2D eigenvalue weighted by molar-refractivity contribution is -0.200. The van der Waals surface area contributed by atoms with Gasteiger partial charge in [-0.1, -0.05) is 19.1 Å². The summed E-state index contributed by atoms with van der Waals surface area (Å²) in [6.07, 6.45) is -7.00. The van der Waals surface area contributed by atoms with Crippen molar-refractivity contribution in [1.82, 2.24) is 0 Å². The van der Waals surface area contributed by atoms with Crippen molar-refractivity contribution in [3.8, 4) is 0 Å². The molecule has 0 aliphatic rings. The highest BCUT2D eigenvalue weighted by molar-refractivity contribution is 5.95. The number of carbonyl (C=O) groups is 2. The van der Waals surface area contributed by atoms with Crippen LogP contribution in [0, 0.1) is 11.8 Å². The average Bonchev–Trinajstić information content (AvgIpc) is 2.33. The van der Waals surface area contributed by atoms with Crippen LogP contribution in [0.1, 0.15) is 13.8 Å². The largest absolute Gasteiger partial charge is 0.455 e.